The van der Waals surface area contributed by atoms with Gasteiger partial charge >= 0.3 is 5.97 Å². The molecular formula is C16H20N2O3. The average molecular weight is 288 g/mol. The number of aryl methyl sites for hydroxylation is 1. The van der Waals surface area contributed by atoms with Crippen molar-refractivity contribution in [2.24, 2.45) is 5.73 Å². The van der Waals surface area contributed by atoms with E-state index >= 15 is 0 Å². The molecule has 0 unspecified atom stereocenters. The first-order chi connectivity index (χ1) is 10.1. The highest BCUT2D eigenvalue weighted by molar-refractivity contribution is 5.97. The lowest BCUT2D eigenvalue weighted by molar-refractivity contribution is -0.142. The predicted octanol–water partition coefficient (Wildman–Crippen LogP) is 0.988. The third-order valence-corrected chi connectivity index (χ3v) is 2.66. The molecule has 112 valence electrons. The van der Waals surface area contributed by atoms with E-state index in [2.05, 4.69) is 17.2 Å². The molecule has 0 saturated carbocycles. The highest BCUT2D eigenvalue weighted by Gasteiger charge is 2.11. The molecule has 0 fully saturated rings. The standard InChI is InChI=1S/C16H20N2O3/c1-3-21-15(19)8-10-18-16(20)14-7-6-12(2)11-13(14)5-4-9-17/h6-7,11H,3,8-10,17H2,1-2H3,(H,18,20). The third kappa shape index (κ3) is 5.67. The molecule has 0 atom stereocenters. The molecule has 0 heterocycles. The first-order valence-electron chi connectivity index (χ1n) is 6.82. The van der Waals surface area contributed by atoms with Gasteiger partial charge in [0.25, 0.3) is 5.91 Å². The summed E-state index contributed by atoms with van der Waals surface area (Å²) >= 11 is 0. The van der Waals surface area contributed by atoms with Crippen LogP contribution >= 0.6 is 0 Å². The topological polar surface area (TPSA) is 81.4 Å². The molecule has 0 saturated heterocycles. The number of rotatable bonds is 5. The summed E-state index contributed by atoms with van der Waals surface area (Å²) in [7, 11) is 0. The lowest BCUT2D eigenvalue weighted by atomic mass is 10.0. The fourth-order valence-corrected chi connectivity index (χ4v) is 1.71. The minimum atomic E-state index is -0.329. The summed E-state index contributed by atoms with van der Waals surface area (Å²) in [5, 5.41) is 2.69. The molecule has 0 aliphatic heterocycles. The van der Waals surface area contributed by atoms with E-state index in [9.17, 15) is 9.59 Å². The van der Waals surface area contributed by atoms with Crippen LogP contribution in [-0.2, 0) is 9.53 Å². The van der Waals surface area contributed by atoms with Crippen LogP contribution in [0.4, 0.5) is 0 Å². The van der Waals surface area contributed by atoms with Gasteiger partial charge in [-0.25, -0.2) is 0 Å². The van der Waals surface area contributed by atoms with Gasteiger partial charge in [-0.3, -0.25) is 9.59 Å². The van der Waals surface area contributed by atoms with Crippen LogP contribution in [-0.4, -0.2) is 31.6 Å². The van der Waals surface area contributed by atoms with Crippen molar-refractivity contribution in [1.29, 1.82) is 0 Å². The highest BCUT2D eigenvalue weighted by Crippen LogP contribution is 2.10. The van der Waals surface area contributed by atoms with Gasteiger partial charge in [0.2, 0.25) is 0 Å². The van der Waals surface area contributed by atoms with Crippen LogP contribution in [0, 0.1) is 18.8 Å². The Hall–Kier alpha value is -2.32. The molecule has 1 aromatic carbocycles. The smallest absolute Gasteiger partial charge is 0.307 e. The van der Waals surface area contributed by atoms with Gasteiger partial charge in [0, 0.05) is 12.1 Å². The predicted molar refractivity (Wildman–Crippen MR) is 80.7 cm³/mol. The van der Waals surface area contributed by atoms with E-state index < -0.39 is 0 Å². The summed E-state index contributed by atoms with van der Waals surface area (Å²) in [5.74, 6) is 5.04. The quantitative estimate of drug-likeness (QED) is 0.625. The van der Waals surface area contributed by atoms with Crippen LogP contribution in [0.3, 0.4) is 0 Å². The molecule has 1 amide bonds. The third-order valence-electron chi connectivity index (χ3n) is 2.66. The Labute approximate surface area is 124 Å². The number of nitrogens with one attached hydrogen (secondary N) is 1. The van der Waals surface area contributed by atoms with Crippen molar-refractivity contribution in [3.05, 3.63) is 34.9 Å². The summed E-state index contributed by atoms with van der Waals surface area (Å²) in [6.07, 6.45) is 0.148. The Bertz CT molecular complexity index is 571. The molecule has 0 spiro atoms. The summed E-state index contributed by atoms with van der Waals surface area (Å²) in [6.45, 7) is 4.47. The summed E-state index contributed by atoms with van der Waals surface area (Å²) in [6, 6.07) is 5.40. The van der Waals surface area contributed by atoms with Gasteiger partial charge in [-0.15, -0.1) is 0 Å². The second kappa shape index (κ2) is 8.77. The number of nitrogens with two attached hydrogens (primary N) is 1. The van der Waals surface area contributed by atoms with Gasteiger partial charge in [-0.2, -0.15) is 0 Å². The normalized spacial score (nSPS) is 9.48. The molecular weight excluding hydrogens is 268 g/mol. The van der Waals surface area contributed by atoms with Crippen molar-refractivity contribution in [2.45, 2.75) is 20.3 Å². The number of hydrogen-bond donors (Lipinski definition) is 2. The molecule has 5 heteroatoms. The minimum Gasteiger partial charge on any atom is -0.466 e. The van der Waals surface area contributed by atoms with Crippen molar-refractivity contribution in [2.75, 3.05) is 19.7 Å². The van der Waals surface area contributed by atoms with Crippen LogP contribution in [0.15, 0.2) is 18.2 Å². The Morgan fingerprint density at radius 1 is 1.38 bits per heavy atom. The fourth-order valence-electron chi connectivity index (χ4n) is 1.71. The molecule has 3 N–H and O–H groups in total. The monoisotopic (exact) mass is 288 g/mol. The van der Waals surface area contributed by atoms with Crippen molar-refractivity contribution in [1.82, 2.24) is 5.32 Å². The number of hydrogen-bond acceptors (Lipinski definition) is 4. The molecule has 1 rings (SSSR count). The second-order valence-corrected chi connectivity index (χ2v) is 4.37. The second-order valence-electron chi connectivity index (χ2n) is 4.37. The van der Waals surface area contributed by atoms with Crippen LogP contribution < -0.4 is 11.1 Å². The Morgan fingerprint density at radius 2 is 2.14 bits per heavy atom. The number of amides is 1. The maximum Gasteiger partial charge on any atom is 0.307 e. The maximum atomic E-state index is 12.1. The zero-order valence-electron chi connectivity index (χ0n) is 12.4. The van der Waals surface area contributed by atoms with Crippen molar-refractivity contribution in [3.63, 3.8) is 0 Å². The number of ether oxygens (including phenoxy) is 1. The zero-order chi connectivity index (χ0) is 15.7. The first-order valence-corrected chi connectivity index (χ1v) is 6.82. The first kappa shape index (κ1) is 16.7. The van der Waals surface area contributed by atoms with Gasteiger partial charge < -0.3 is 15.8 Å². The lowest BCUT2D eigenvalue weighted by Crippen LogP contribution is -2.27. The number of benzene rings is 1. The number of carbonyl (C=O) groups excluding carboxylic acids is 2. The van der Waals surface area contributed by atoms with Crippen LogP contribution in [0.5, 0.6) is 0 Å². The molecule has 0 aliphatic carbocycles. The van der Waals surface area contributed by atoms with Crippen LogP contribution in [0.2, 0.25) is 0 Å². The van der Waals surface area contributed by atoms with Crippen LogP contribution in [0.1, 0.15) is 34.8 Å². The van der Waals surface area contributed by atoms with E-state index in [1.807, 2.05) is 19.1 Å². The summed E-state index contributed by atoms with van der Waals surface area (Å²) in [5.41, 5.74) is 7.48. The zero-order valence-corrected chi connectivity index (χ0v) is 12.4. The fraction of sp³-hybridized carbons (Fsp3) is 0.375. The van der Waals surface area contributed by atoms with E-state index in [4.69, 9.17) is 10.5 Å². The molecule has 0 aliphatic rings. The van der Waals surface area contributed by atoms with Crippen molar-refractivity contribution in [3.8, 4) is 11.8 Å². The van der Waals surface area contributed by atoms with Crippen molar-refractivity contribution < 1.29 is 14.3 Å². The van der Waals surface area contributed by atoms with Crippen molar-refractivity contribution >= 4 is 11.9 Å². The minimum absolute atomic E-state index is 0.148. The number of carbonyl (C=O) groups is 2. The summed E-state index contributed by atoms with van der Waals surface area (Å²) in [4.78, 5) is 23.3. The van der Waals surface area contributed by atoms with E-state index in [0.717, 1.165) is 5.56 Å². The van der Waals surface area contributed by atoms with Gasteiger partial charge in [-0.1, -0.05) is 17.9 Å². The SMILES string of the molecule is CCOC(=O)CCNC(=O)c1ccc(C)cc1C#CCN. The van der Waals surface area contributed by atoms with E-state index in [0.29, 0.717) is 17.7 Å². The molecule has 0 radical (unpaired) electrons. The Morgan fingerprint density at radius 3 is 2.81 bits per heavy atom. The van der Waals surface area contributed by atoms with Gasteiger partial charge in [0.05, 0.1) is 25.1 Å². The molecule has 5 nitrogen and oxygen atoms in total. The number of esters is 1. The molecule has 0 bridgehead atoms. The lowest BCUT2D eigenvalue weighted by Gasteiger charge is -2.07. The largest absolute Gasteiger partial charge is 0.466 e. The van der Waals surface area contributed by atoms with Gasteiger partial charge in [0.1, 0.15) is 0 Å². The van der Waals surface area contributed by atoms with Crippen LogP contribution in [0.25, 0.3) is 0 Å². The molecule has 0 aromatic heterocycles. The van der Waals surface area contributed by atoms with E-state index in [-0.39, 0.29) is 31.4 Å². The highest BCUT2D eigenvalue weighted by atomic mass is 16.5. The Kier molecular flexibility index (Phi) is 6.99. The average Bonchev–Trinajstić information content (AvgIpc) is 2.45. The van der Waals surface area contributed by atoms with E-state index in [1.165, 1.54) is 0 Å². The molecule has 1 aromatic rings. The van der Waals surface area contributed by atoms with Gasteiger partial charge in [0.15, 0.2) is 0 Å². The maximum absolute atomic E-state index is 12.1. The Balaban J connectivity index is 2.71. The molecule has 21 heavy (non-hydrogen) atoms. The van der Waals surface area contributed by atoms with Gasteiger partial charge in [-0.05, 0) is 31.5 Å². The van der Waals surface area contributed by atoms with E-state index in [1.54, 1.807) is 13.0 Å². The summed E-state index contributed by atoms with van der Waals surface area (Å²) < 4.78 is 4.80.